The first kappa shape index (κ1) is 32.9. The van der Waals surface area contributed by atoms with Crippen molar-refractivity contribution < 1.29 is 41.6 Å². The van der Waals surface area contributed by atoms with Gasteiger partial charge in [0, 0.05) is 23.0 Å². The molecule has 214 valence electrons. The lowest BCUT2D eigenvalue weighted by Gasteiger charge is -2.23. The number of terminal acetylenes is 1. The minimum absolute atomic E-state index is 0.0436. The zero-order valence-electron chi connectivity index (χ0n) is 20.6. The van der Waals surface area contributed by atoms with Crippen LogP contribution in [0.3, 0.4) is 0 Å². The van der Waals surface area contributed by atoms with E-state index in [1.807, 2.05) is 0 Å². The predicted octanol–water partition coefficient (Wildman–Crippen LogP) is 5.11. The number of carbonyl (C=O) groups excluding carboxylic acids is 1. The number of phenolic OH excluding ortho intramolecular Hbond substituents is 1. The fourth-order valence-electron chi connectivity index (χ4n) is 2.99. The summed E-state index contributed by atoms with van der Waals surface area (Å²) in [5.74, 6) is -7.31. The number of aromatic hydroxyl groups is 1. The molecule has 3 aromatic rings. The summed E-state index contributed by atoms with van der Waals surface area (Å²) in [7, 11) is -0.745. The number of hydrogen-bond acceptors (Lipinski definition) is 7. The van der Waals surface area contributed by atoms with Crippen molar-refractivity contribution in [3.05, 3.63) is 76.8 Å². The van der Waals surface area contributed by atoms with E-state index in [0.29, 0.717) is 5.02 Å². The Morgan fingerprint density at radius 3 is 2.10 bits per heavy atom. The molecule has 1 amide bonds. The summed E-state index contributed by atoms with van der Waals surface area (Å²) in [6, 6.07) is 9.12. The van der Waals surface area contributed by atoms with Crippen molar-refractivity contribution in [3.8, 4) is 30.1 Å². The predicted molar refractivity (Wildman–Crippen MR) is 142 cm³/mol. The van der Waals surface area contributed by atoms with Crippen LogP contribution in [0.5, 0.6) is 17.2 Å². The average molecular weight is 620 g/mol. The smallest absolute Gasteiger partial charge is 0.258 e. The SMILES string of the molecule is C#C.CN(CCN(CC(=O)NO)S(=O)c1cc(F)c(Oc2ccc(Cl)cc2)c(F)c1)Sc1cc(F)c(O)c(F)c1. The van der Waals surface area contributed by atoms with Crippen LogP contribution in [-0.2, 0) is 15.8 Å². The molecule has 15 heteroatoms. The van der Waals surface area contributed by atoms with Gasteiger partial charge in [-0.1, -0.05) is 11.6 Å². The van der Waals surface area contributed by atoms with Crippen LogP contribution in [0.1, 0.15) is 0 Å². The fraction of sp³-hybridized carbons (Fsp3) is 0.160. The largest absolute Gasteiger partial charge is 0.503 e. The molecule has 40 heavy (non-hydrogen) atoms. The highest BCUT2D eigenvalue weighted by atomic mass is 35.5. The minimum atomic E-state index is -2.28. The van der Waals surface area contributed by atoms with Crippen LogP contribution in [0.4, 0.5) is 17.6 Å². The van der Waals surface area contributed by atoms with Gasteiger partial charge in [0.2, 0.25) is 0 Å². The van der Waals surface area contributed by atoms with Crippen molar-refractivity contribution in [2.24, 2.45) is 0 Å². The quantitative estimate of drug-likeness (QED) is 0.0901. The van der Waals surface area contributed by atoms with Gasteiger partial charge < -0.3 is 9.84 Å². The van der Waals surface area contributed by atoms with Crippen LogP contribution in [-0.4, -0.2) is 55.7 Å². The van der Waals surface area contributed by atoms with Crippen molar-refractivity contribution in [1.82, 2.24) is 14.1 Å². The number of amides is 1. The molecule has 1 unspecified atom stereocenters. The van der Waals surface area contributed by atoms with Crippen LogP contribution in [0.25, 0.3) is 0 Å². The van der Waals surface area contributed by atoms with Crippen LogP contribution >= 0.6 is 23.5 Å². The molecule has 0 heterocycles. The molecule has 0 spiro atoms. The number of rotatable bonds is 11. The molecule has 0 saturated carbocycles. The Morgan fingerprint density at radius 2 is 1.57 bits per heavy atom. The third kappa shape index (κ3) is 9.12. The van der Waals surface area contributed by atoms with Crippen molar-refractivity contribution in [3.63, 3.8) is 0 Å². The van der Waals surface area contributed by atoms with Crippen LogP contribution < -0.4 is 10.2 Å². The number of hydroxylamine groups is 1. The molecule has 0 fully saturated rings. The monoisotopic (exact) mass is 619 g/mol. The first-order valence-corrected chi connectivity index (χ1v) is 13.2. The zero-order chi connectivity index (χ0) is 30.0. The van der Waals surface area contributed by atoms with E-state index in [4.69, 9.17) is 21.5 Å². The second-order valence-corrected chi connectivity index (χ2v) is 10.8. The summed E-state index contributed by atoms with van der Waals surface area (Å²) in [5, 5.41) is 18.5. The molecule has 0 aromatic heterocycles. The number of likely N-dealkylation sites (N-methyl/N-ethyl adjacent to an activating group) is 1. The Morgan fingerprint density at radius 1 is 1.02 bits per heavy atom. The molecule has 0 radical (unpaired) electrons. The average Bonchev–Trinajstić information content (AvgIpc) is 2.93. The lowest BCUT2D eigenvalue weighted by atomic mass is 10.3. The van der Waals surface area contributed by atoms with Gasteiger partial charge in [0.15, 0.2) is 34.8 Å². The molecular weight excluding hydrogens is 598 g/mol. The first-order valence-electron chi connectivity index (χ1n) is 10.9. The van der Waals surface area contributed by atoms with E-state index in [-0.39, 0.29) is 28.6 Å². The van der Waals surface area contributed by atoms with Crippen molar-refractivity contribution in [2.75, 3.05) is 26.7 Å². The normalized spacial score (nSPS) is 11.6. The van der Waals surface area contributed by atoms with E-state index in [2.05, 4.69) is 12.8 Å². The topological polar surface area (TPSA) is 102 Å². The van der Waals surface area contributed by atoms with Gasteiger partial charge in [0.25, 0.3) is 5.91 Å². The molecule has 3 rings (SSSR count). The number of nitrogens with one attached hydrogen (secondary N) is 1. The lowest BCUT2D eigenvalue weighted by Crippen LogP contribution is -2.40. The van der Waals surface area contributed by atoms with Gasteiger partial charge in [-0.2, -0.15) is 0 Å². The summed E-state index contributed by atoms with van der Waals surface area (Å²) >= 11 is 6.67. The Bertz CT molecular complexity index is 1340. The van der Waals surface area contributed by atoms with E-state index >= 15 is 0 Å². The van der Waals surface area contributed by atoms with Gasteiger partial charge in [0.05, 0.1) is 11.4 Å². The molecule has 1 atom stereocenters. The van der Waals surface area contributed by atoms with Crippen LogP contribution in [0.15, 0.2) is 58.3 Å². The highest BCUT2D eigenvalue weighted by Gasteiger charge is 2.23. The summed E-state index contributed by atoms with van der Waals surface area (Å²) in [6.07, 6.45) is 8.00. The second kappa shape index (κ2) is 15.5. The van der Waals surface area contributed by atoms with Crippen LogP contribution in [0, 0.1) is 36.1 Å². The second-order valence-electron chi connectivity index (χ2n) is 7.60. The van der Waals surface area contributed by atoms with Crippen molar-refractivity contribution in [2.45, 2.75) is 9.79 Å². The number of hydrogen-bond donors (Lipinski definition) is 3. The Labute approximate surface area is 239 Å². The molecule has 0 saturated heterocycles. The Balaban J connectivity index is 0.00000274. The summed E-state index contributed by atoms with van der Waals surface area (Å²) < 4.78 is 77.5. The molecule has 0 aliphatic carbocycles. The van der Waals surface area contributed by atoms with Gasteiger partial charge in [-0.15, -0.1) is 12.8 Å². The highest BCUT2D eigenvalue weighted by molar-refractivity contribution is 7.97. The van der Waals surface area contributed by atoms with E-state index in [1.165, 1.54) is 41.1 Å². The number of phenols is 1. The van der Waals surface area contributed by atoms with E-state index in [9.17, 15) is 31.7 Å². The van der Waals surface area contributed by atoms with E-state index < -0.39 is 58.2 Å². The maximum absolute atomic E-state index is 14.7. The van der Waals surface area contributed by atoms with E-state index in [0.717, 1.165) is 40.5 Å². The minimum Gasteiger partial charge on any atom is -0.503 e. The summed E-state index contributed by atoms with van der Waals surface area (Å²) in [6.45, 7) is -0.711. The van der Waals surface area contributed by atoms with Gasteiger partial charge >= 0.3 is 0 Å². The van der Waals surface area contributed by atoms with Crippen LogP contribution in [0.2, 0.25) is 5.02 Å². The summed E-state index contributed by atoms with van der Waals surface area (Å²) in [4.78, 5) is 11.6. The molecule has 3 N–H and O–H groups in total. The number of carbonyl (C=O) groups is 1. The molecule has 3 aromatic carbocycles. The molecule has 0 aliphatic rings. The molecule has 0 bridgehead atoms. The number of halogens is 5. The molecule has 0 aliphatic heterocycles. The zero-order valence-corrected chi connectivity index (χ0v) is 23.0. The standard InChI is InChI=1S/C23H20ClF4N3O5S2.C2H2/c1-30(37-15-8-17(25)22(33)18(26)9-15)6-7-31(12-21(32)29-34)38(35)16-10-19(27)23(20(28)11-16)36-14-4-2-13(24)3-5-14;1-2/h2-5,8-11,33-34H,6-7,12H2,1H3,(H,29,32);1-2H. The molecular formula is C25H22ClF4N3O5S2. The van der Waals surface area contributed by atoms with Crippen molar-refractivity contribution >= 4 is 40.4 Å². The third-order valence-corrected chi connectivity index (χ3v) is 7.41. The molecule has 8 nitrogen and oxygen atoms in total. The Hall–Kier alpha value is -3.32. The third-order valence-electron chi connectivity index (χ3n) is 4.80. The maximum atomic E-state index is 14.7. The highest BCUT2D eigenvalue weighted by Crippen LogP contribution is 2.31. The Kier molecular flexibility index (Phi) is 12.7. The number of ether oxygens (including phenoxy) is 1. The number of nitrogens with zero attached hydrogens (tertiary/aromatic N) is 2. The van der Waals surface area contributed by atoms with Gasteiger partial charge in [-0.25, -0.2) is 35.9 Å². The van der Waals surface area contributed by atoms with Gasteiger partial charge in [0.1, 0.15) is 16.7 Å². The van der Waals surface area contributed by atoms with Gasteiger partial charge in [-0.3, -0.25) is 10.0 Å². The fourth-order valence-corrected chi connectivity index (χ4v) is 5.15. The number of benzene rings is 3. The lowest BCUT2D eigenvalue weighted by molar-refractivity contribution is -0.129. The first-order chi connectivity index (χ1) is 19.0. The van der Waals surface area contributed by atoms with E-state index in [1.54, 1.807) is 0 Å². The maximum Gasteiger partial charge on any atom is 0.258 e. The van der Waals surface area contributed by atoms with Crippen molar-refractivity contribution in [1.29, 1.82) is 0 Å². The van der Waals surface area contributed by atoms with Gasteiger partial charge in [-0.05, 0) is 67.5 Å². The summed E-state index contributed by atoms with van der Waals surface area (Å²) in [5.41, 5.74) is 1.39.